The molecule has 0 unspecified atom stereocenters. The lowest BCUT2D eigenvalue weighted by Gasteiger charge is -2.22. The molecule has 0 aromatic heterocycles. The van der Waals surface area contributed by atoms with E-state index in [-0.39, 0.29) is 12.5 Å². The predicted octanol–water partition coefficient (Wildman–Crippen LogP) is 2.01. The molecule has 0 heterocycles. The average molecular weight is 339 g/mol. The van der Waals surface area contributed by atoms with Gasteiger partial charge in [0.1, 0.15) is 0 Å². The molecule has 1 saturated carbocycles. The van der Waals surface area contributed by atoms with Gasteiger partial charge in [-0.3, -0.25) is 4.79 Å². The molecule has 1 aliphatic rings. The van der Waals surface area contributed by atoms with Crippen LogP contribution in [0.4, 0.5) is 10.5 Å². The highest BCUT2D eigenvalue weighted by Gasteiger charge is 2.26. The Morgan fingerprint density at radius 1 is 1.26 bits per heavy atom. The van der Waals surface area contributed by atoms with Crippen molar-refractivity contribution in [3.8, 4) is 0 Å². The van der Waals surface area contributed by atoms with Crippen LogP contribution >= 0.6 is 11.6 Å². The molecule has 1 aromatic carbocycles. The summed E-state index contributed by atoms with van der Waals surface area (Å²) in [6, 6.07) is 7.09. The van der Waals surface area contributed by atoms with Crippen LogP contribution in [0.25, 0.3) is 0 Å². The van der Waals surface area contributed by atoms with E-state index in [0.29, 0.717) is 23.3 Å². The first kappa shape index (κ1) is 17.6. The van der Waals surface area contributed by atoms with Crippen LogP contribution < -0.4 is 10.6 Å². The molecule has 1 aromatic rings. The molecule has 1 aliphatic carbocycles. The summed E-state index contributed by atoms with van der Waals surface area (Å²) in [4.78, 5) is 27.7. The van der Waals surface area contributed by atoms with E-state index in [1.165, 1.54) is 12.8 Å². The number of carbonyl (C=O) groups excluding carboxylic acids is 2. The van der Waals surface area contributed by atoms with Crippen LogP contribution in [0.5, 0.6) is 0 Å². The molecule has 0 saturated heterocycles. The molecule has 23 heavy (non-hydrogen) atoms. The second-order valence-corrected chi connectivity index (χ2v) is 6.28. The summed E-state index contributed by atoms with van der Waals surface area (Å²) in [7, 11) is 3.83. The molecule has 0 aliphatic heterocycles. The molecule has 0 atom stereocenters. The highest BCUT2D eigenvalue weighted by molar-refractivity contribution is 6.30. The normalized spacial score (nSPS) is 13.7. The lowest BCUT2D eigenvalue weighted by Crippen LogP contribution is -2.42. The van der Waals surface area contributed by atoms with Crippen molar-refractivity contribution in [3.05, 3.63) is 29.3 Å². The standard InChI is InChI=1S/C16H23ClN4O2/c1-20(14-6-7-14)8-9-21(2)15(22)11-18-16(23)19-13-5-3-4-12(17)10-13/h3-5,10,14H,6-9,11H2,1-2H3,(H2,18,19,23). The topological polar surface area (TPSA) is 64.7 Å². The third-order valence-electron chi connectivity index (χ3n) is 3.87. The summed E-state index contributed by atoms with van der Waals surface area (Å²) < 4.78 is 0. The Labute approximate surface area is 141 Å². The molecule has 7 heteroatoms. The van der Waals surface area contributed by atoms with Crippen molar-refractivity contribution >= 4 is 29.2 Å². The van der Waals surface area contributed by atoms with Crippen LogP contribution in [-0.4, -0.2) is 61.5 Å². The third-order valence-corrected chi connectivity index (χ3v) is 4.10. The van der Waals surface area contributed by atoms with E-state index < -0.39 is 6.03 Å². The van der Waals surface area contributed by atoms with E-state index >= 15 is 0 Å². The van der Waals surface area contributed by atoms with Gasteiger partial charge >= 0.3 is 6.03 Å². The van der Waals surface area contributed by atoms with E-state index in [1.54, 1.807) is 36.2 Å². The Hall–Kier alpha value is -1.79. The van der Waals surface area contributed by atoms with E-state index in [2.05, 4.69) is 22.6 Å². The molecule has 0 radical (unpaired) electrons. The van der Waals surface area contributed by atoms with Crippen molar-refractivity contribution in [1.82, 2.24) is 15.1 Å². The van der Waals surface area contributed by atoms with Gasteiger partial charge in [0.25, 0.3) is 0 Å². The Kier molecular flexibility index (Phi) is 6.24. The minimum Gasteiger partial charge on any atom is -0.343 e. The smallest absolute Gasteiger partial charge is 0.319 e. The molecular formula is C16H23ClN4O2. The number of halogens is 1. The quantitative estimate of drug-likeness (QED) is 0.799. The van der Waals surface area contributed by atoms with Crippen LogP contribution in [0.2, 0.25) is 5.02 Å². The van der Waals surface area contributed by atoms with E-state index in [0.717, 1.165) is 6.54 Å². The lowest BCUT2D eigenvalue weighted by atomic mass is 10.3. The molecule has 0 bridgehead atoms. The number of hydrogen-bond acceptors (Lipinski definition) is 3. The summed E-state index contributed by atoms with van der Waals surface area (Å²) >= 11 is 5.85. The SMILES string of the molecule is CN(CCN(C)C1CC1)C(=O)CNC(=O)Nc1cccc(Cl)c1. The Morgan fingerprint density at radius 2 is 2.00 bits per heavy atom. The molecule has 126 valence electrons. The van der Waals surface area contributed by atoms with Gasteiger partial charge in [0.05, 0.1) is 6.54 Å². The van der Waals surface area contributed by atoms with Gasteiger partial charge < -0.3 is 20.4 Å². The average Bonchev–Trinajstić information content (AvgIpc) is 3.34. The number of anilines is 1. The van der Waals surface area contributed by atoms with Gasteiger partial charge in [-0.25, -0.2) is 4.79 Å². The van der Waals surface area contributed by atoms with Gasteiger partial charge in [-0.2, -0.15) is 0 Å². The Morgan fingerprint density at radius 3 is 2.65 bits per heavy atom. The number of likely N-dealkylation sites (N-methyl/N-ethyl adjacent to an activating group) is 2. The van der Waals surface area contributed by atoms with E-state index in [1.807, 2.05) is 0 Å². The van der Waals surface area contributed by atoms with Crippen LogP contribution in [0, 0.1) is 0 Å². The molecule has 6 nitrogen and oxygen atoms in total. The van der Waals surface area contributed by atoms with Crippen LogP contribution in [0.1, 0.15) is 12.8 Å². The highest BCUT2D eigenvalue weighted by Crippen LogP contribution is 2.24. The third kappa shape index (κ3) is 6.08. The maximum absolute atomic E-state index is 12.0. The lowest BCUT2D eigenvalue weighted by molar-refractivity contribution is -0.128. The summed E-state index contributed by atoms with van der Waals surface area (Å²) in [6.07, 6.45) is 2.50. The molecule has 3 amide bonds. The maximum atomic E-state index is 12.0. The summed E-state index contributed by atoms with van der Waals surface area (Å²) in [5, 5.41) is 5.73. The van der Waals surface area contributed by atoms with Gasteiger partial charge in [0, 0.05) is 36.9 Å². The van der Waals surface area contributed by atoms with Crippen molar-refractivity contribution in [3.63, 3.8) is 0 Å². The summed E-state index contributed by atoms with van der Waals surface area (Å²) in [6.45, 7) is 1.47. The Bertz CT molecular complexity index is 563. The monoisotopic (exact) mass is 338 g/mol. The zero-order chi connectivity index (χ0) is 16.8. The fraction of sp³-hybridized carbons (Fsp3) is 0.500. The van der Waals surface area contributed by atoms with Crippen LogP contribution in [0.3, 0.4) is 0 Å². The largest absolute Gasteiger partial charge is 0.343 e. The van der Waals surface area contributed by atoms with E-state index in [9.17, 15) is 9.59 Å². The van der Waals surface area contributed by atoms with Crippen molar-refractivity contribution in [2.75, 3.05) is 39.0 Å². The van der Waals surface area contributed by atoms with Gasteiger partial charge in [-0.1, -0.05) is 17.7 Å². The first-order chi connectivity index (χ1) is 11.0. The molecule has 2 N–H and O–H groups in total. The van der Waals surface area contributed by atoms with Crippen molar-refractivity contribution < 1.29 is 9.59 Å². The summed E-state index contributed by atoms with van der Waals surface area (Å²) in [5.41, 5.74) is 0.585. The van der Waals surface area contributed by atoms with Crippen LogP contribution in [0.15, 0.2) is 24.3 Å². The fourth-order valence-corrected chi connectivity index (χ4v) is 2.35. The fourth-order valence-electron chi connectivity index (χ4n) is 2.16. The van der Waals surface area contributed by atoms with Crippen molar-refractivity contribution in [2.45, 2.75) is 18.9 Å². The first-order valence-electron chi connectivity index (χ1n) is 7.70. The molecule has 0 spiro atoms. The van der Waals surface area contributed by atoms with Gasteiger partial charge in [-0.05, 0) is 38.1 Å². The number of rotatable bonds is 7. The zero-order valence-electron chi connectivity index (χ0n) is 13.5. The van der Waals surface area contributed by atoms with Crippen LogP contribution in [-0.2, 0) is 4.79 Å². The number of nitrogens with zero attached hydrogens (tertiary/aromatic N) is 2. The minimum absolute atomic E-state index is 0.0317. The zero-order valence-corrected chi connectivity index (χ0v) is 14.3. The predicted molar refractivity (Wildman–Crippen MR) is 91.8 cm³/mol. The number of amides is 3. The molecular weight excluding hydrogens is 316 g/mol. The highest BCUT2D eigenvalue weighted by atomic mass is 35.5. The Balaban J connectivity index is 1.67. The summed E-state index contributed by atoms with van der Waals surface area (Å²) in [5.74, 6) is -0.115. The van der Waals surface area contributed by atoms with Gasteiger partial charge in [-0.15, -0.1) is 0 Å². The number of urea groups is 1. The first-order valence-corrected chi connectivity index (χ1v) is 8.08. The molecule has 2 rings (SSSR count). The second kappa shape index (κ2) is 8.17. The maximum Gasteiger partial charge on any atom is 0.319 e. The molecule has 1 fully saturated rings. The van der Waals surface area contributed by atoms with Gasteiger partial charge in [0.15, 0.2) is 0 Å². The number of nitrogens with one attached hydrogen (secondary N) is 2. The van der Waals surface area contributed by atoms with Gasteiger partial charge in [0.2, 0.25) is 5.91 Å². The number of carbonyl (C=O) groups is 2. The number of benzene rings is 1. The van der Waals surface area contributed by atoms with Crippen molar-refractivity contribution in [1.29, 1.82) is 0 Å². The minimum atomic E-state index is -0.427. The van der Waals surface area contributed by atoms with E-state index in [4.69, 9.17) is 11.6 Å². The number of hydrogen-bond donors (Lipinski definition) is 2. The second-order valence-electron chi connectivity index (χ2n) is 5.85. The van der Waals surface area contributed by atoms with Crippen molar-refractivity contribution in [2.24, 2.45) is 0 Å².